The van der Waals surface area contributed by atoms with Crippen LogP contribution in [0.1, 0.15) is 44.6 Å². The fourth-order valence-corrected chi connectivity index (χ4v) is 7.21. The van der Waals surface area contributed by atoms with Crippen molar-refractivity contribution in [2.45, 2.75) is 37.5 Å². The van der Waals surface area contributed by atoms with E-state index in [4.69, 9.17) is 4.98 Å². The van der Waals surface area contributed by atoms with Gasteiger partial charge in [-0.15, -0.1) is 11.3 Å². The number of thiophene rings is 1. The Morgan fingerprint density at radius 1 is 1.06 bits per heavy atom. The molecule has 1 saturated carbocycles. The number of aryl methyl sites for hydroxylation is 2. The quantitative estimate of drug-likeness (QED) is 0.598. The van der Waals surface area contributed by atoms with Gasteiger partial charge in [-0.2, -0.15) is 4.31 Å². The van der Waals surface area contributed by atoms with Gasteiger partial charge in [-0.3, -0.25) is 9.78 Å². The van der Waals surface area contributed by atoms with Crippen LogP contribution in [0.3, 0.4) is 0 Å². The van der Waals surface area contributed by atoms with E-state index in [1.165, 1.54) is 15.6 Å². The number of para-hydroxylation sites is 1. The van der Waals surface area contributed by atoms with Gasteiger partial charge in [0.1, 0.15) is 0 Å². The molecule has 0 unspecified atom stereocenters. The summed E-state index contributed by atoms with van der Waals surface area (Å²) in [5.41, 5.74) is 2.51. The van der Waals surface area contributed by atoms with E-state index in [2.05, 4.69) is 0 Å². The molecule has 2 fully saturated rings. The highest BCUT2D eigenvalue weighted by molar-refractivity contribution is 7.89. The number of sulfonamides is 1. The van der Waals surface area contributed by atoms with Gasteiger partial charge in [-0.05, 0) is 44.9 Å². The smallest absolute Gasteiger partial charge is 0.254 e. The predicted octanol–water partition coefficient (Wildman–Crippen LogP) is 3.94. The number of aromatic nitrogens is 1. The van der Waals surface area contributed by atoms with Crippen molar-refractivity contribution in [2.75, 3.05) is 26.2 Å². The predicted molar refractivity (Wildman–Crippen MR) is 122 cm³/mol. The lowest BCUT2D eigenvalue weighted by atomic mass is 10.0. The number of carbonyl (C=O) groups is 1. The van der Waals surface area contributed by atoms with Crippen LogP contribution in [0.2, 0.25) is 0 Å². The fraction of sp³-hybridized carbons (Fsp3) is 0.391. The van der Waals surface area contributed by atoms with Crippen LogP contribution in [0.15, 0.2) is 41.3 Å². The van der Waals surface area contributed by atoms with Gasteiger partial charge in [-0.1, -0.05) is 18.2 Å². The highest BCUT2D eigenvalue weighted by atomic mass is 32.2. The summed E-state index contributed by atoms with van der Waals surface area (Å²) in [4.78, 5) is 22.1. The van der Waals surface area contributed by atoms with Gasteiger partial charge in [0.25, 0.3) is 5.91 Å². The van der Waals surface area contributed by atoms with E-state index in [0.29, 0.717) is 42.6 Å². The maximum Gasteiger partial charge on any atom is 0.254 e. The topological polar surface area (TPSA) is 70.6 Å². The molecule has 0 atom stereocenters. The molecule has 3 aromatic rings. The van der Waals surface area contributed by atoms with E-state index >= 15 is 0 Å². The monoisotopic (exact) mass is 455 g/mol. The minimum atomic E-state index is -3.53. The number of rotatable bonds is 4. The van der Waals surface area contributed by atoms with Crippen LogP contribution in [0.5, 0.6) is 0 Å². The van der Waals surface area contributed by atoms with Crippen LogP contribution < -0.4 is 0 Å². The third-order valence-electron chi connectivity index (χ3n) is 6.10. The van der Waals surface area contributed by atoms with Crippen molar-refractivity contribution >= 4 is 38.2 Å². The first-order chi connectivity index (χ1) is 14.8. The number of fused-ring (bicyclic) bond motifs is 1. The summed E-state index contributed by atoms with van der Waals surface area (Å²) < 4.78 is 27.7. The molecule has 31 heavy (non-hydrogen) atoms. The standard InChI is InChI=1S/C23H25N3O3S2/c1-15-13-22(16(2)30-15)31(28,29)26-11-9-25(10-12-26)23(27)19-14-21(17-7-8-17)24-20-6-4-3-5-18(19)20/h3-6,13-14,17H,7-12H2,1-2H3. The van der Waals surface area contributed by atoms with Gasteiger partial charge in [-0.25, -0.2) is 8.42 Å². The van der Waals surface area contributed by atoms with Crippen molar-refractivity contribution in [3.05, 3.63) is 57.4 Å². The lowest BCUT2D eigenvalue weighted by Crippen LogP contribution is -2.50. The molecular formula is C23H25N3O3S2. The Balaban J connectivity index is 1.38. The second-order valence-corrected chi connectivity index (χ2v) is 11.7. The number of hydrogen-bond donors (Lipinski definition) is 0. The molecule has 2 aromatic heterocycles. The highest BCUT2D eigenvalue weighted by Crippen LogP contribution is 2.40. The Morgan fingerprint density at radius 2 is 1.77 bits per heavy atom. The Hall–Kier alpha value is -2.29. The molecule has 3 heterocycles. The minimum Gasteiger partial charge on any atom is -0.336 e. The normalized spacial score (nSPS) is 17.9. The summed E-state index contributed by atoms with van der Waals surface area (Å²) in [6.45, 7) is 5.14. The zero-order valence-corrected chi connectivity index (χ0v) is 19.3. The molecule has 6 nitrogen and oxygen atoms in total. The van der Waals surface area contributed by atoms with Gasteiger partial charge in [0.05, 0.1) is 16.0 Å². The number of carbonyl (C=O) groups excluding carboxylic acids is 1. The molecule has 162 valence electrons. The maximum atomic E-state index is 13.4. The maximum absolute atomic E-state index is 13.4. The van der Waals surface area contributed by atoms with Gasteiger partial charge >= 0.3 is 0 Å². The number of pyridine rings is 1. The third-order valence-corrected chi connectivity index (χ3v) is 9.22. The zero-order chi connectivity index (χ0) is 21.8. The van der Waals surface area contributed by atoms with Crippen molar-refractivity contribution in [3.8, 4) is 0 Å². The highest BCUT2D eigenvalue weighted by Gasteiger charge is 2.33. The fourth-order valence-electron chi connectivity index (χ4n) is 4.27. The molecule has 0 N–H and O–H groups in total. The van der Waals surface area contributed by atoms with Crippen LogP contribution in [0, 0.1) is 13.8 Å². The third kappa shape index (κ3) is 3.77. The van der Waals surface area contributed by atoms with Crippen LogP contribution in [0.4, 0.5) is 0 Å². The van der Waals surface area contributed by atoms with E-state index in [0.717, 1.165) is 39.2 Å². The summed E-state index contributed by atoms with van der Waals surface area (Å²) in [7, 11) is -3.53. The summed E-state index contributed by atoms with van der Waals surface area (Å²) in [6.07, 6.45) is 2.24. The molecule has 8 heteroatoms. The number of hydrogen-bond acceptors (Lipinski definition) is 5. The van der Waals surface area contributed by atoms with E-state index < -0.39 is 10.0 Å². The van der Waals surface area contributed by atoms with Crippen LogP contribution in [-0.2, 0) is 10.0 Å². The minimum absolute atomic E-state index is 0.0416. The molecule has 2 aliphatic rings. The lowest BCUT2D eigenvalue weighted by molar-refractivity contribution is 0.0699. The summed E-state index contributed by atoms with van der Waals surface area (Å²) in [5.74, 6) is 0.413. The number of nitrogens with zero attached hydrogens (tertiary/aromatic N) is 3. The molecule has 0 radical (unpaired) electrons. The Morgan fingerprint density at radius 3 is 2.42 bits per heavy atom. The largest absolute Gasteiger partial charge is 0.336 e. The zero-order valence-electron chi connectivity index (χ0n) is 17.7. The summed E-state index contributed by atoms with van der Waals surface area (Å²) in [6, 6.07) is 11.5. The van der Waals surface area contributed by atoms with Crippen molar-refractivity contribution in [1.29, 1.82) is 0 Å². The Labute approximate surface area is 186 Å². The molecule has 1 amide bonds. The van der Waals surface area contributed by atoms with Gasteiger partial charge in [0.15, 0.2) is 0 Å². The van der Waals surface area contributed by atoms with Crippen LogP contribution in [-0.4, -0.2) is 54.7 Å². The number of amides is 1. The van der Waals surface area contributed by atoms with Crippen molar-refractivity contribution in [3.63, 3.8) is 0 Å². The number of piperazine rings is 1. The van der Waals surface area contributed by atoms with E-state index in [9.17, 15) is 13.2 Å². The van der Waals surface area contributed by atoms with Crippen molar-refractivity contribution < 1.29 is 13.2 Å². The molecule has 0 spiro atoms. The van der Waals surface area contributed by atoms with E-state index in [-0.39, 0.29) is 5.91 Å². The lowest BCUT2D eigenvalue weighted by Gasteiger charge is -2.34. The molecule has 1 aliphatic heterocycles. The number of benzene rings is 1. The first-order valence-electron chi connectivity index (χ1n) is 10.6. The molecular weight excluding hydrogens is 430 g/mol. The SMILES string of the molecule is Cc1cc(S(=O)(=O)N2CCN(C(=O)c3cc(C4CC4)nc4ccccc34)CC2)c(C)s1. The van der Waals surface area contributed by atoms with E-state index in [1.54, 1.807) is 11.0 Å². The second-order valence-electron chi connectivity index (χ2n) is 8.36. The molecule has 0 bridgehead atoms. The van der Waals surface area contributed by atoms with E-state index in [1.807, 2.05) is 44.2 Å². The second kappa shape index (κ2) is 7.69. The first kappa shape index (κ1) is 20.6. The van der Waals surface area contributed by atoms with Gasteiger partial charge < -0.3 is 4.90 Å². The van der Waals surface area contributed by atoms with Crippen molar-refractivity contribution in [2.24, 2.45) is 0 Å². The average molecular weight is 456 g/mol. The van der Waals surface area contributed by atoms with Crippen LogP contribution in [0.25, 0.3) is 10.9 Å². The first-order valence-corrected chi connectivity index (χ1v) is 12.9. The Bertz CT molecular complexity index is 1270. The summed E-state index contributed by atoms with van der Waals surface area (Å²) >= 11 is 1.50. The summed E-state index contributed by atoms with van der Waals surface area (Å²) in [5, 5.41) is 0.858. The van der Waals surface area contributed by atoms with Gasteiger partial charge in [0, 0.05) is 52.9 Å². The molecule has 1 saturated heterocycles. The Kier molecular flexibility index (Phi) is 5.11. The molecule has 5 rings (SSSR count). The molecule has 1 aromatic carbocycles. The van der Waals surface area contributed by atoms with Crippen molar-refractivity contribution in [1.82, 2.24) is 14.2 Å². The van der Waals surface area contributed by atoms with Gasteiger partial charge in [0.2, 0.25) is 10.0 Å². The van der Waals surface area contributed by atoms with Crippen LogP contribution >= 0.6 is 11.3 Å². The average Bonchev–Trinajstić information content (AvgIpc) is 3.56. The molecule has 1 aliphatic carbocycles.